The molecule has 0 saturated carbocycles. The standard InChI is InChI=1S/C24H20ClF5N4O3S/c1-12-11-31-22(38-12)33-18-6-5-15(26)16(32-18)9-23(21(36)37)7-8-34(17(10-23)24(28,29)30)20(35)13-3-2-4-14(25)19(13)27/h2-6,11,17H,7-10H2,1H3,(H,36,37)(H,31,32,33). The summed E-state index contributed by atoms with van der Waals surface area (Å²) < 4.78 is 71.6. The zero-order valence-corrected chi connectivity index (χ0v) is 21.2. The second kappa shape index (κ2) is 10.4. The van der Waals surface area contributed by atoms with E-state index in [2.05, 4.69) is 15.3 Å². The molecule has 2 aromatic heterocycles. The lowest BCUT2D eigenvalue weighted by Crippen LogP contribution is -2.58. The van der Waals surface area contributed by atoms with Crippen LogP contribution in [0.15, 0.2) is 36.5 Å². The molecule has 0 spiro atoms. The Morgan fingerprint density at radius 2 is 2.00 bits per heavy atom. The second-order valence-electron chi connectivity index (χ2n) is 8.90. The number of aliphatic carboxylic acids is 1. The first-order valence-corrected chi connectivity index (χ1v) is 12.4. The van der Waals surface area contributed by atoms with Crippen molar-refractivity contribution in [2.24, 2.45) is 5.41 Å². The Kier molecular flexibility index (Phi) is 7.62. The summed E-state index contributed by atoms with van der Waals surface area (Å²) in [5.74, 6) is -4.81. The van der Waals surface area contributed by atoms with E-state index in [0.717, 1.165) is 23.1 Å². The van der Waals surface area contributed by atoms with Gasteiger partial charge in [-0.15, -0.1) is 11.3 Å². The lowest BCUT2D eigenvalue weighted by atomic mass is 9.71. The summed E-state index contributed by atoms with van der Waals surface area (Å²) in [5, 5.41) is 12.9. The van der Waals surface area contributed by atoms with Gasteiger partial charge in [0.15, 0.2) is 10.9 Å². The maximum Gasteiger partial charge on any atom is 0.408 e. The molecule has 1 amide bonds. The Morgan fingerprint density at radius 3 is 2.63 bits per heavy atom. The molecule has 1 aliphatic rings. The molecule has 2 N–H and O–H groups in total. The second-order valence-corrected chi connectivity index (χ2v) is 10.5. The summed E-state index contributed by atoms with van der Waals surface area (Å²) in [6.45, 7) is 1.15. The summed E-state index contributed by atoms with van der Waals surface area (Å²) >= 11 is 6.97. The van der Waals surface area contributed by atoms with Crippen LogP contribution in [0.25, 0.3) is 0 Å². The molecule has 0 bridgehead atoms. The van der Waals surface area contributed by atoms with Gasteiger partial charge in [-0.2, -0.15) is 13.2 Å². The molecule has 1 saturated heterocycles. The van der Waals surface area contributed by atoms with Gasteiger partial charge in [0, 0.05) is 24.0 Å². The molecule has 1 aliphatic heterocycles. The Morgan fingerprint density at radius 1 is 1.26 bits per heavy atom. The number of carboxylic acids is 1. The molecule has 0 radical (unpaired) electrons. The molecule has 3 aromatic rings. The predicted octanol–water partition coefficient (Wildman–Crippen LogP) is 6.00. The van der Waals surface area contributed by atoms with Crippen molar-refractivity contribution < 1.29 is 36.6 Å². The Bertz CT molecular complexity index is 1390. The highest BCUT2D eigenvalue weighted by Crippen LogP contribution is 2.44. The molecule has 3 heterocycles. The molecule has 7 nitrogen and oxygen atoms in total. The number of halogens is 6. The molecule has 0 aliphatic carbocycles. The van der Waals surface area contributed by atoms with Crippen LogP contribution in [0.2, 0.25) is 5.02 Å². The minimum atomic E-state index is -5.05. The summed E-state index contributed by atoms with van der Waals surface area (Å²) in [7, 11) is 0. The Labute approximate surface area is 222 Å². The fraction of sp³-hybridized carbons (Fsp3) is 0.333. The van der Waals surface area contributed by atoms with Crippen molar-refractivity contribution in [3.05, 3.63) is 69.3 Å². The van der Waals surface area contributed by atoms with Crippen LogP contribution >= 0.6 is 22.9 Å². The first-order chi connectivity index (χ1) is 17.8. The van der Waals surface area contributed by atoms with Gasteiger partial charge in [-0.05, 0) is 44.0 Å². The van der Waals surface area contributed by atoms with Crippen LogP contribution in [0.4, 0.5) is 32.9 Å². The number of carboxylic acid groups (broad SMARTS) is 1. The predicted molar refractivity (Wildman–Crippen MR) is 130 cm³/mol. The fourth-order valence-corrected chi connectivity index (χ4v) is 5.23. The number of carbonyl (C=O) groups excluding carboxylic acids is 1. The number of nitrogens with one attached hydrogen (secondary N) is 1. The minimum Gasteiger partial charge on any atom is -0.481 e. The van der Waals surface area contributed by atoms with Gasteiger partial charge < -0.3 is 15.3 Å². The van der Waals surface area contributed by atoms with E-state index in [1.54, 1.807) is 6.20 Å². The number of likely N-dealkylation sites (tertiary alicyclic amines) is 1. The van der Waals surface area contributed by atoms with E-state index in [4.69, 9.17) is 11.6 Å². The highest BCUT2D eigenvalue weighted by atomic mass is 35.5. The SMILES string of the molecule is Cc1cnc(Nc2ccc(F)c(CC3(C(=O)O)CCN(C(=O)c4cccc(Cl)c4F)C(C(F)(F)F)C3)n2)s1. The van der Waals surface area contributed by atoms with Crippen LogP contribution in [0, 0.1) is 24.0 Å². The van der Waals surface area contributed by atoms with Gasteiger partial charge in [0.1, 0.15) is 17.7 Å². The topological polar surface area (TPSA) is 95.4 Å². The molecular weight excluding hydrogens is 555 g/mol. The van der Waals surface area contributed by atoms with Crippen molar-refractivity contribution in [1.82, 2.24) is 14.9 Å². The highest BCUT2D eigenvalue weighted by molar-refractivity contribution is 7.15. The van der Waals surface area contributed by atoms with E-state index in [0.29, 0.717) is 10.0 Å². The van der Waals surface area contributed by atoms with Crippen LogP contribution in [-0.2, 0) is 11.2 Å². The van der Waals surface area contributed by atoms with Crippen molar-refractivity contribution in [3.8, 4) is 0 Å². The zero-order valence-electron chi connectivity index (χ0n) is 19.7. The van der Waals surface area contributed by atoms with E-state index >= 15 is 0 Å². The Hall–Kier alpha value is -3.32. The molecule has 202 valence electrons. The fourth-order valence-electron chi connectivity index (χ4n) is 4.38. The minimum absolute atomic E-state index is 0.132. The van der Waals surface area contributed by atoms with Crippen molar-refractivity contribution in [2.75, 3.05) is 11.9 Å². The lowest BCUT2D eigenvalue weighted by molar-refractivity contribution is -0.199. The number of thiazole rings is 1. The van der Waals surface area contributed by atoms with Crippen molar-refractivity contribution in [3.63, 3.8) is 0 Å². The highest BCUT2D eigenvalue weighted by Gasteiger charge is 2.56. The zero-order chi connectivity index (χ0) is 27.8. The van der Waals surface area contributed by atoms with Gasteiger partial charge in [0.05, 0.1) is 21.7 Å². The number of hydrogen-bond donors (Lipinski definition) is 2. The number of rotatable bonds is 6. The number of piperidine rings is 1. The smallest absolute Gasteiger partial charge is 0.408 e. The molecule has 14 heteroatoms. The maximum absolute atomic E-state index is 14.7. The third-order valence-corrected chi connectivity index (χ3v) is 7.47. The molecule has 2 unspecified atom stereocenters. The molecule has 1 fully saturated rings. The van der Waals surface area contributed by atoms with Crippen LogP contribution in [-0.4, -0.2) is 50.6 Å². The summed E-state index contributed by atoms with van der Waals surface area (Å²) in [6.07, 6.45) is -5.65. The van der Waals surface area contributed by atoms with Crippen LogP contribution in [0.5, 0.6) is 0 Å². The average Bonchev–Trinajstić information content (AvgIpc) is 3.26. The number of amides is 1. The van der Waals surface area contributed by atoms with E-state index in [1.807, 2.05) is 6.92 Å². The Balaban J connectivity index is 1.65. The van der Waals surface area contributed by atoms with Crippen molar-refractivity contribution >= 4 is 45.8 Å². The first kappa shape index (κ1) is 27.7. The number of anilines is 2. The number of hydrogen-bond acceptors (Lipinski definition) is 6. The lowest BCUT2D eigenvalue weighted by Gasteiger charge is -2.45. The molecule has 38 heavy (non-hydrogen) atoms. The number of aromatic nitrogens is 2. The van der Waals surface area contributed by atoms with Crippen LogP contribution in [0.1, 0.15) is 33.8 Å². The van der Waals surface area contributed by atoms with Gasteiger partial charge in [-0.1, -0.05) is 17.7 Å². The van der Waals surface area contributed by atoms with E-state index in [9.17, 15) is 36.6 Å². The largest absolute Gasteiger partial charge is 0.481 e. The number of benzene rings is 1. The van der Waals surface area contributed by atoms with Gasteiger partial charge in [-0.3, -0.25) is 9.59 Å². The first-order valence-electron chi connectivity index (χ1n) is 11.2. The third-order valence-electron chi connectivity index (χ3n) is 6.35. The monoisotopic (exact) mass is 574 g/mol. The number of alkyl halides is 3. The summed E-state index contributed by atoms with van der Waals surface area (Å²) in [4.78, 5) is 34.8. The van der Waals surface area contributed by atoms with Gasteiger partial charge in [0.25, 0.3) is 5.91 Å². The van der Waals surface area contributed by atoms with Gasteiger partial charge in [-0.25, -0.2) is 18.7 Å². The third kappa shape index (κ3) is 5.58. The number of nitrogens with zero attached hydrogens (tertiary/aromatic N) is 3. The van der Waals surface area contributed by atoms with Gasteiger partial charge in [0.2, 0.25) is 0 Å². The van der Waals surface area contributed by atoms with Crippen molar-refractivity contribution in [2.45, 2.75) is 38.4 Å². The molecular formula is C24H20ClF5N4O3S. The summed E-state index contributed by atoms with van der Waals surface area (Å²) in [5.41, 5.74) is -3.13. The normalized spacial score (nSPS) is 19.9. The summed E-state index contributed by atoms with van der Waals surface area (Å²) in [6, 6.07) is 3.11. The molecule has 1 aromatic carbocycles. The number of pyridine rings is 1. The molecule has 4 rings (SSSR count). The van der Waals surface area contributed by atoms with Crippen LogP contribution in [0.3, 0.4) is 0 Å². The van der Waals surface area contributed by atoms with E-state index in [-0.39, 0.29) is 11.5 Å². The van der Waals surface area contributed by atoms with Crippen LogP contribution < -0.4 is 5.32 Å². The number of aryl methyl sites for hydroxylation is 1. The van der Waals surface area contributed by atoms with Gasteiger partial charge >= 0.3 is 12.1 Å². The quantitative estimate of drug-likeness (QED) is 0.351. The van der Waals surface area contributed by atoms with E-state index in [1.165, 1.54) is 23.5 Å². The number of carbonyl (C=O) groups is 2. The van der Waals surface area contributed by atoms with Crippen molar-refractivity contribution in [1.29, 1.82) is 0 Å². The van der Waals surface area contributed by atoms with E-state index < -0.39 is 77.5 Å². The molecule has 2 atom stereocenters. The maximum atomic E-state index is 14.7. The average molecular weight is 575 g/mol.